The van der Waals surface area contributed by atoms with Crippen LogP contribution in [0.15, 0.2) is 60.7 Å². The highest BCUT2D eigenvalue weighted by molar-refractivity contribution is 6.13. The van der Waals surface area contributed by atoms with E-state index in [2.05, 4.69) is 36.4 Å². The molecule has 0 amide bonds. The molecule has 1 unspecified atom stereocenters. The van der Waals surface area contributed by atoms with E-state index in [9.17, 15) is 4.79 Å². The van der Waals surface area contributed by atoms with Crippen LogP contribution in [0.25, 0.3) is 10.8 Å². The number of carbonyl (C=O) groups is 1. The van der Waals surface area contributed by atoms with Gasteiger partial charge in [0.15, 0.2) is 5.78 Å². The Morgan fingerprint density at radius 3 is 2.57 bits per heavy atom. The SMILES string of the molecule is Cc1ccc2ccccc2c1C(=O)C1Cc2ccccc21. The third-order valence-electron chi connectivity index (χ3n) is 4.55. The van der Waals surface area contributed by atoms with Crippen LogP contribution in [-0.4, -0.2) is 5.78 Å². The van der Waals surface area contributed by atoms with E-state index in [1.165, 1.54) is 11.1 Å². The lowest BCUT2D eigenvalue weighted by Crippen LogP contribution is -2.25. The van der Waals surface area contributed by atoms with Crippen LogP contribution in [-0.2, 0) is 6.42 Å². The Labute approximate surface area is 124 Å². The topological polar surface area (TPSA) is 17.1 Å². The maximum atomic E-state index is 13.0. The van der Waals surface area contributed by atoms with Crippen LogP contribution in [0.4, 0.5) is 0 Å². The number of hydrogen-bond donors (Lipinski definition) is 0. The average Bonchev–Trinajstić information content (AvgIpc) is 2.48. The first kappa shape index (κ1) is 12.3. The quantitative estimate of drug-likeness (QED) is 0.619. The van der Waals surface area contributed by atoms with Gasteiger partial charge in [0.1, 0.15) is 0 Å². The number of hydrogen-bond acceptors (Lipinski definition) is 1. The van der Waals surface area contributed by atoms with E-state index in [0.29, 0.717) is 0 Å². The predicted octanol–water partition coefficient (Wildman–Crippen LogP) is 4.67. The summed E-state index contributed by atoms with van der Waals surface area (Å²) in [6, 6.07) is 20.6. The fraction of sp³-hybridized carbons (Fsp3) is 0.150. The molecule has 0 aromatic heterocycles. The minimum Gasteiger partial charge on any atom is -0.293 e. The number of benzene rings is 3. The summed E-state index contributed by atoms with van der Waals surface area (Å²) >= 11 is 0. The van der Waals surface area contributed by atoms with Gasteiger partial charge >= 0.3 is 0 Å². The van der Waals surface area contributed by atoms with Crippen molar-refractivity contribution in [2.75, 3.05) is 0 Å². The largest absolute Gasteiger partial charge is 0.293 e. The molecule has 0 spiro atoms. The summed E-state index contributed by atoms with van der Waals surface area (Å²) in [4.78, 5) is 13.0. The van der Waals surface area contributed by atoms with Gasteiger partial charge in [0.25, 0.3) is 0 Å². The second-order valence-corrected chi connectivity index (χ2v) is 5.80. The molecular formula is C20H16O. The lowest BCUT2D eigenvalue weighted by Gasteiger charge is -2.29. The van der Waals surface area contributed by atoms with Crippen LogP contribution >= 0.6 is 0 Å². The highest BCUT2D eigenvalue weighted by atomic mass is 16.1. The molecule has 0 fully saturated rings. The molecule has 1 aliphatic rings. The first-order valence-corrected chi connectivity index (χ1v) is 7.36. The Balaban J connectivity index is 1.85. The predicted molar refractivity (Wildman–Crippen MR) is 85.9 cm³/mol. The van der Waals surface area contributed by atoms with Gasteiger partial charge in [-0.1, -0.05) is 60.7 Å². The second kappa shape index (κ2) is 4.56. The van der Waals surface area contributed by atoms with Crippen LogP contribution in [0.5, 0.6) is 0 Å². The lowest BCUT2D eigenvalue weighted by atomic mass is 9.73. The molecule has 3 aromatic rings. The van der Waals surface area contributed by atoms with Gasteiger partial charge in [-0.3, -0.25) is 4.79 Å². The molecule has 0 saturated heterocycles. The number of carbonyl (C=O) groups excluding carboxylic acids is 1. The van der Waals surface area contributed by atoms with E-state index < -0.39 is 0 Å². The van der Waals surface area contributed by atoms with Gasteiger partial charge in [0.05, 0.1) is 5.92 Å². The number of rotatable bonds is 2. The van der Waals surface area contributed by atoms with Gasteiger partial charge < -0.3 is 0 Å². The van der Waals surface area contributed by atoms with Crippen LogP contribution < -0.4 is 0 Å². The molecule has 1 nitrogen and oxygen atoms in total. The first-order valence-electron chi connectivity index (χ1n) is 7.36. The van der Waals surface area contributed by atoms with Crippen molar-refractivity contribution in [2.45, 2.75) is 19.3 Å². The molecule has 0 bridgehead atoms. The molecule has 4 rings (SSSR count). The molecule has 0 aliphatic heterocycles. The van der Waals surface area contributed by atoms with E-state index in [0.717, 1.165) is 28.3 Å². The fourth-order valence-electron chi connectivity index (χ4n) is 3.37. The van der Waals surface area contributed by atoms with Gasteiger partial charge in [-0.05, 0) is 40.8 Å². The molecule has 0 heterocycles. The number of fused-ring (bicyclic) bond motifs is 2. The molecule has 1 aliphatic carbocycles. The standard InChI is InChI=1S/C20H16O/c1-13-10-11-14-6-2-5-9-17(14)19(13)20(21)18-12-15-7-3-4-8-16(15)18/h2-11,18H,12H2,1H3. The summed E-state index contributed by atoms with van der Waals surface area (Å²) in [6.07, 6.45) is 0.873. The highest BCUT2D eigenvalue weighted by Gasteiger charge is 2.33. The van der Waals surface area contributed by atoms with Gasteiger partial charge in [-0.25, -0.2) is 0 Å². The Morgan fingerprint density at radius 1 is 0.952 bits per heavy atom. The van der Waals surface area contributed by atoms with E-state index in [-0.39, 0.29) is 11.7 Å². The summed E-state index contributed by atoms with van der Waals surface area (Å²) in [7, 11) is 0. The molecule has 102 valence electrons. The van der Waals surface area contributed by atoms with Gasteiger partial charge in [0, 0.05) is 5.56 Å². The summed E-state index contributed by atoms with van der Waals surface area (Å²) in [5, 5.41) is 2.21. The third-order valence-corrected chi connectivity index (χ3v) is 4.55. The van der Waals surface area contributed by atoms with Crippen molar-refractivity contribution in [1.29, 1.82) is 0 Å². The summed E-state index contributed by atoms with van der Waals surface area (Å²) in [5.41, 5.74) is 4.49. The Bertz CT molecular complexity index is 861. The number of ketones is 1. The Morgan fingerprint density at radius 2 is 1.71 bits per heavy atom. The average molecular weight is 272 g/mol. The van der Waals surface area contributed by atoms with Gasteiger partial charge in [-0.15, -0.1) is 0 Å². The Kier molecular flexibility index (Phi) is 2.68. The summed E-state index contributed by atoms with van der Waals surface area (Å²) in [5.74, 6) is 0.300. The van der Waals surface area contributed by atoms with Crippen molar-refractivity contribution in [3.63, 3.8) is 0 Å². The number of aryl methyl sites for hydroxylation is 1. The maximum absolute atomic E-state index is 13.0. The lowest BCUT2D eigenvalue weighted by molar-refractivity contribution is 0.0950. The molecule has 0 radical (unpaired) electrons. The van der Waals surface area contributed by atoms with E-state index >= 15 is 0 Å². The smallest absolute Gasteiger partial charge is 0.171 e. The fourth-order valence-corrected chi connectivity index (χ4v) is 3.37. The van der Waals surface area contributed by atoms with Crippen molar-refractivity contribution >= 4 is 16.6 Å². The zero-order chi connectivity index (χ0) is 14.4. The minimum absolute atomic E-state index is 0.0331. The molecule has 0 N–H and O–H groups in total. The van der Waals surface area contributed by atoms with E-state index in [4.69, 9.17) is 0 Å². The minimum atomic E-state index is 0.0331. The van der Waals surface area contributed by atoms with Crippen molar-refractivity contribution in [2.24, 2.45) is 0 Å². The molecule has 1 heteroatoms. The highest BCUT2D eigenvalue weighted by Crippen LogP contribution is 2.39. The van der Waals surface area contributed by atoms with Gasteiger partial charge in [-0.2, -0.15) is 0 Å². The zero-order valence-electron chi connectivity index (χ0n) is 12.0. The van der Waals surface area contributed by atoms with Crippen LogP contribution in [0.2, 0.25) is 0 Å². The third kappa shape index (κ3) is 1.81. The monoisotopic (exact) mass is 272 g/mol. The van der Waals surface area contributed by atoms with E-state index in [1.807, 2.05) is 31.2 Å². The normalized spacial score (nSPS) is 16.3. The maximum Gasteiger partial charge on any atom is 0.171 e. The van der Waals surface area contributed by atoms with Crippen LogP contribution in [0.1, 0.15) is 33.0 Å². The van der Waals surface area contributed by atoms with Crippen molar-refractivity contribution < 1.29 is 4.79 Å². The van der Waals surface area contributed by atoms with Crippen LogP contribution in [0.3, 0.4) is 0 Å². The van der Waals surface area contributed by atoms with Crippen molar-refractivity contribution in [3.8, 4) is 0 Å². The van der Waals surface area contributed by atoms with E-state index in [1.54, 1.807) is 0 Å². The molecular weight excluding hydrogens is 256 g/mol. The molecule has 0 saturated carbocycles. The van der Waals surface area contributed by atoms with Crippen molar-refractivity contribution in [3.05, 3.63) is 82.9 Å². The number of Topliss-reactive ketones (excluding diaryl/α,β-unsaturated/α-hetero) is 1. The van der Waals surface area contributed by atoms with Crippen molar-refractivity contribution in [1.82, 2.24) is 0 Å². The zero-order valence-corrected chi connectivity index (χ0v) is 12.0. The second-order valence-electron chi connectivity index (χ2n) is 5.80. The van der Waals surface area contributed by atoms with Gasteiger partial charge in [0.2, 0.25) is 0 Å². The molecule has 1 atom stereocenters. The first-order chi connectivity index (χ1) is 10.3. The summed E-state index contributed by atoms with van der Waals surface area (Å²) in [6.45, 7) is 2.03. The molecule has 3 aromatic carbocycles. The molecule has 21 heavy (non-hydrogen) atoms. The Hall–Kier alpha value is -2.41. The van der Waals surface area contributed by atoms with Crippen LogP contribution in [0, 0.1) is 6.92 Å². The summed E-state index contributed by atoms with van der Waals surface area (Å²) < 4.78 is 0.